The molecule has 0 unspecified atom stereocenters. The van der Waals surface area contributed by atoms with E-state index in [4.69, 9.17) is 0 Å². The van der Waals surface area contributed by atoms with Gasteiger partial charge in [0.05, 0.1) is 17.0 Å². The first-order chi connectivity index (χ1) is 10.5. The molecular weight excluding hydrogens is 302 g/mol. The molecule has 2 aromatic carbocycles. The van der Waals surface area contributed by atoms with Crippen LogP contribution in [0.4, 0.5) is 0 Å². The lowest BCUT2D eigenvalue weighted by molar-refractivity contribution is 0.270. The van der Waals surface area contributed by atoms with Gasteiger partial charge >= 0.3 is 0 Å². The van der Waals surface area contributed by atoms with E-state index in [0.717, 1.165) is 9.54 Å². The normalized spacial score (nSPS) is 11.9. The zero-order valence-corrected chi connectivity index (χ0v) is 12.7. The summed E-state index contributed by atoms with van der Waals surface area (Å²) in [6.07, 6.45) is 0. The van der Waals surface area contributed by atoms with E-state index < -0.39 is 16.6 Å². The summed E-state index contributed by atoms with van der Waals surface area (Å²) in [7, 11) is -3.91. The maximum Gasteiger partial charge on any atom is 0.268 e. The number of aliphatic hydroxyl groups is 1. The molecule has 0 saturated carbocycles. The molecule has 2 N–H and O–H groups in total. The minimum Gasteiger partial charge on any atom is -0.505 e. The van der Waals surface area contributed by atoms with Crippen molar-refractivity contribution in [3.8, 4) is 5.75 Å². The van der Waals surface area contributed by atoms with E-state index in [2.05, 4.69) is 0 Å². The van der Waals surface area contributed by atoms with Gasteiger partial charge in [0.1, 0.15) is 11.4 Å². The second-order valence-electron chi connectivity index (χ2n) is 5.05. The van der Waals surface area contributed by atoms with E-state index in [1.807, 2.05) is 6.92 Å². The smallest absolute Gasteiger partial charge is 0.268 e. The van der Waals surface area contributed by atoms with Crippen molar-refractivity contribution >= 4 is 20.9 Å². The van der Waals surface area contributed by atoms with Gasteiger partial charge < -0.3 is 10.2 Å². The van der Waals surface area contributed by atoms with E-state index in [1.54, 1.807) is 36.4 Å². The average molecular weight is 317 g/mol. The summed E-state index contributed by atoms with van der Waals surface area (Å²) in [6, 6.07) is 13.0. The molecule has 3 aromatic rings. The Bertz CT molecular complexity index is 940. The van der Waals surface area contributed by atoms with Crippen molar-refractivity contribution in [1.82, 2.24) is 3.97 Å². The maximum atomic E-state index is 12.9. The van der Waals surface area contributed by atoms with Gasteiger partial charge in [-0.15, -0.1) is 0 Å². The van der Waals surface area contributed by atoms with Crippen LogP contribution in [-0.2, 0) is 16.6 Å². The molecule has 0 amide bonds. The van der Waals surface area contributed by atoms with Gasteiger partial charge in [0, 0.05) is 5.39 Å². The summed E-state index contributed by atoms with van der Waals surface area (Å²) in [5.41, 5.74) is 1.24. The molecule has 0 saturated heterocycles. The Morgan fingerprint density at radius 3 is 2.32 bits per heavy atom. The first-order valence-corrected chi connectivity index (χ1v) is 8.15. The van der Waals surface area contributed by atoms with E-state index in [-0.39, 0.29) is 16.3 Å². The number of fused-ring (bicyclic) bond motifs is 1. The zero-order chi connectivity index (χ0) is 15.9. The predicted molar refractivity (Wildman–Crippen MR) is 83.3 cm³/mol. The molecule has 0 bridgehead atoms. The third-order valence-corrected chi connectivity index (χ3v) is 5.37. The van der Waals surface area contributed by atoms with E-state index >= 15 is 0 Å². The third-order valence-electron chi connectivity index (χ3n) is 3.61. The fourth-order valence-electron chi connectivity index (χ4n) is 2.48. The summed E-state index contributed by atoms with van der Waals surface area (Å²) >= 11 is 0. The standard InChI is InChI=1S/C16H15NO4S/c1-11-6-8-12(9-7-11)22(20,21)17-14-5-3-2-4-13(14)16(19)15(17)10-18/h2-9,18-19H,10H2,1H3. The molecule has 0 aliphatic rings. The zero-order valence-electron chi connectivity index (χ0n) is 11.9. The number of hydrogen-bond acceptors (Lipinski definition) is 4. The van der Waals surface area contributed by atoms with Gasteiger partial charge in [-0.2, -0.15) is 0 Å². The van der Waals surface area contributed by atoms with Gasteiger partial charge in [-0.25, -0.2) is 12.4 Å². The molecule has 3 rings (SSSR count). The Morgan fingerprint density at radius 2 is 1.68 bits per heavy atom. The fraction of sp³-hybridized carbons (Fsp3) is 0.125. The van der Waals surface area contributed by atoms with Crippen LogP contribution in [0.3, 0.4) is 0 Å². The minimum atomic E-state index is -3.91. The largest absolute Gasteiger partial charge is 0.505 e. The van der Waals surface area contributed by atoms with Crippen LogP contribution in [0.15, 0.2) is 53.4 Å². The molecule has 0 atom stereocenters. The first kappa shape index (κ1) is 14.6. The summed E-state index contributed by atoms with van der Waals surface area (Å²) in [6.45, 7) is 1.29. The third kappa shape index (κ3) is 2.08. The van der Waals surface area contributed by atoms with E-state index in [0.29, 0.717) is 10.9 Å². The van der Waals surface area contributed by atoms with Crippen molar-refractivity contribution < 1.29 is 18.6 Å². The Balaban J connectivity index is 2.36. The lowest BCUT2D eigenvalue weighted by Crippen LogP contribution is -2.15. The summed E-state index contributed by atoms with van der Waals surface area (Å²) in [5, 5.41) is 20.1. The van der Waals surface area contributed by atoms with Gasteiger partial charge in [-0.1, -0.05) is 29.8 Å². The quantitative estimate of drug-likeness (QED) is 0.777. The van der Waals surface area contributed by atoms with Crippen molar-refractivity contribution in [1.29, 1.82) is 0 Å². The molecule has 0 radical (unpaired) electrons. The SMILES string of the molecule is Cc1ccc(S(=O)(=O)n2c(CO)c(O)c3ccccc32)cc1. The highest BCUT2D eigenvalue weighted by Crippen LogP contribution is 2.35. The Kier molecular flexibility index (Phi) is 3.42. The van der Waals surface area contributed by atoms with Crippen molar-refractivity contribution in [2.75, 3.05) is 0 Å². The lowest BCUT2D eigenvalue weighted by Gasteiger charge is -2.11. The van der Waals surface area contributed by atoms with Gasteiger partial charge in [0.2, 0.25) is 0 Å². The van der Waals surface area contributed by atoms with Gasteiger partial charge in [-0.3, -0.25) is 0 Å². The Hall–Kier alpha value is -2.31. The van der Waals surface area contributed by atoms with Crippen LogP contribution in [0, 0.1) is 6.92 Å². The van der Waals surface area contributed by atoms with Crippen LogP contribution < -0.4 is 0 Å². The number of aromatic hydroxyl groups is 1. The van der Waals surface area contributed by atoms with Crippen molar-refractivity contribution in [2.24, 2.45) is 0 Å². The fourth-order valence-corrected chi connectivity index (χ4v) is 4.02. The average Bonchev–Trinajstić information content (AvgIpc) is 2.81. The topological polar surface area (TPSA) is 79.5 Å². The maximum absolute atomic E-state index is 12.9. The van der Waals surface area contributed by atoms with E-state index in [9.17, 15) is 18.6 Å². The molecule has 1 heterocycles. The molecule has 5 nitrogen and oxygen atoms in total. The number of rotatable bonds is 3. The van der Waals surface area contributed by atoms with Crippen LogP contribution in [0.5, 0.6) is 5.75 Å². The summed E-state index contributed by atoms with van der Waals surface area (Å²) < 4.78 is 26.8. The van der Waals surface area contributed by atoms with Crippen LogP contribution in [-0.4, -0.2) is 22.6 Å². The predicted octanol–water partition coefficient (Wildman–Crippen LogP) is 2.38. The molecule has 1 aromatic heterocycles. The highest BCUT2D eigenvalue weighted by Gasteiger charge is 2.26. The van der Waals surface area contributed by atoms with Gasteiger partial charge in [0.25, 0.3) is 10.0 Å². The molecule has 0 aliphatic carbocycles. The number of aromatic nitrogens is 1. The van der Waals surface area contributed by atoms with E-state index in [1.165, 1.54) is 12.1 Å². The molecule has 0 fully saturated rings. The van der Waals surface area contributed by atoms with Crippen LogP contribution >= 0.6 is 0 Å². The summed E-state index contributed by atoms with van der Waals surface area (Å²) in [4.78, 5) is 0.105. The van der Waals surface area contributed by atoms with Crippen LogP contribution in [0.1, 0.15) is 11.3 Å². The molecule has 114 valence electrons. The lowest BCUT2D eigenvalue weighted by atomic mass is 10.2. The highest BCUT2D eigenvalue weighted by molar-refractivity contribution is 7.90. The van der Waals surface area contributed by atoms with Crippen molar-refractivity contribution in [3.63, 3.8) is 0 Å². The van der Waals surface area contributed by atoms with Gasteiger partial charge in [0.15, 0.2) is 0 Å². The highest BCUT2D eigenvalue weighted by atomic mass is 32.2. The number of aliphatic hydroxyl groups excluding tert-OH is 1. The van der Waals surface area contributed by atoms with Crippen molar-refractivity contribution in [2.45, 2.75) is 18.4 Å². The summed E-state index contributed by atoms with van der Waals surface area (Å²) in [5.74, 6) is -0.214. The molecular formula is C16H15NO4S. The first-order valence-electron chi connectivity index (χ1n) is 6.71. The Labute approximate surface area is 128 Å². The van der Waals surface area contributed by atoms with Crippen LogP contribution in [0.25, 0.3) is 10.9 Å². The molecule has 6 heteroatoms. The number of nitrogens with zero attached hydrogens (tertiary/aromatic N) is 1. The minimum absolute atomic E-state index is 0.0400. The molecule has 22 heavy (non-hydrogen) atoms. The number of benzene rings is 2. The second-order valence-corrected chi connectivity index (χ2v) is 6.84. The van der Waals surface area contributed by atoms with Crippen molar-refractivity contribution in [3.05, 3.63) is 59.8 Å². The Morgan fingerprint density at radius 1 is 1.05 bits per heavy atom. The number of aryl methyl sites for hydroxylation is 1. The second kappa shape index (κ2) is 5.15. The van der Waals surface area contributed by atoms with Gasteiger partial charge in [-0.05, 0) is 31.2 Å². The number of hydrogen-bond donors (Lipinski definition) is 2. The molecule has 0 aliphatic heterocycles. The number of para-hydroxylation sites is 1. The van der Waals surface area contributed by atoms with Crippen LogP contribution in [0.2, 0.25) is 0 Å². The monoisotopic (exact) mass is 317 g/mol. The molecule has 0 spiro atoms.